The third kappa shape index (κ3) is 3.57. The minimum Gasteiger partial charge on any atom is -0.455 e. The van der Waals surface area contributed by atoms with Gasteiger partial charge < -0.3 is 10.5 Å². The SMILES string of the molecule is Nc1cc(Cl)ccc1Oc1ccc(C[n+]2ccccc2)cc1. The molecule has 2 aromatic carbocycles. The highest BCUT2D eigenvalue weighted by atomic mass is 35.5. The number of nitrogens with zero attached hydrogens (tertiary/aromatic N) is 1. The molecule has 3 rings (SSSR count). The van der Waals surface area contributed by atoms with Crippen molar-refractivity contribution >= 4 is 17.3 Å². The maximum atomic E-state index is 5.89. The summed E-state index contributed by atoms with van der Waals surface area (Å²) in [5.74, 6) is 1.35. The van der Waals surface area contributed by atoms with Gasteiger partial charge in [-0.3, -0.25) is 0 Å². The highest BCUT2D eigenvalue weighted by Gasteiger charge is 2.05. The van der Waals surface area contributed by atoms with Gasteiger partial charge in [-0.2, -0.15) is 0 Å². The van der Waals surface area contributed by atoms with E-state index in [0.29, 0.717) is 16.5 Å². The highest BCUT2D eigenvalue weighted by molar-refractivity contribution is 6.30. The van der Waals surface area contributed by atoms with Gasteiger partial charge in [0.2, 0.25) is 0 Å². The molecule has 0 aliphatic heterocycles. The zero-order valence-corrected chi connectivity index (χ0v) is 12.7. The van der Waals surface area contributed by atoms with Crippen molar-refractivity contribution in [2.75, 3.05) is 5.73 Å². The van der Waals surface area contributed by atoms with Crippen molar-refractivity contribution in [3.8, 4) is 11.5 Å². The molecule has 4 heteroatoms. The highest BCUT2D eigenvalue weighted by Crippen LogP contribution is 2.29. The van der Waals surface area contributed by atoms with Crippen LogP contribution < -0.4 is 15.0 Å². The number of anilines is 1. The van der Waals surface area contributed by atoms with Crippen LogP contribution in [0.15, 0.2) is 73.1 Å². The van der Waals surface area contributed by atoms with Crippen LogP contribution in [0.4, 0.5) is 5.69 Å². The fraction of sp³-hybridized carbons (Fsp3) is 0.0556. The summed E-state index contributed by atoms with van der Waals surface area (Å²) in [5, 5.41) is 0.597. The number of aromatic nitrogens is 1. The van der Waals surface area contributed by atoms with E-state index in [1.165, 1.54) is 5.56 Å². The smallest absolute Gasteiger partial charge is 0.173 e. The van der Waals surface area contributed by atoms with Crippen LogP contribution >= 0.6 is 11.6 Å². The van der Waals surface area contributed by atoms with Crippen molar-refractivity contribution in [1.82, 2.24) is 0 Å². The van der Waals surface area contributed by atoms with Gasteiger partial charge in [0.1, 0.15) is 11.5 Å². The van der Waals surface area contributed by atoms with Gasteiger partial charge in [0, 0.05) is 22.7 Å². The lowest BCUT2D eigenvalue weighted by atomic mass is 10.2. The largest absolute Gasteiger partial charge is 0.455 e. The summed E-state index contributed by atoms with van der Waals surface area (Å²) in [4.78, 5) is 0. The molecule has 1 aromatic heterocycles. The standard InChI is InChI=1S/C18H16ClN2O/c19-15-6-9-18(17(20)12-15)22-16-7-4-14(5-8-16)13-21-10-2-1-3-11-21/h1-12H,13,20H2/q+1. The van der Waals surface area contributed by atoms with Crippen LogP contribution in [0.25, 0.3) is 0 Å². The summed E-state index contributed by atoms with van der Waals surface area (Å²) < 4.78 is 7.90. The van der Waals surface area contributed by atoms with Crippen LogP contribution in [-0.4, -0.2) is 0 Å². The summed E-state index contributed by atoms with van der Waals surface area (Å²) in [6.45, 7) is 0.824. The maximum Gasteiger partial charge on any atom is 0.173 e. The molecule has 1 heterocycles. The Morgan fingerprint density at radius 3 is 2.36 bits per heavy atom. The van der Waals surface area contributed by atoms with E-state index < -0.39 is 0 Å². The molecule has 0 radical (unpaired) electrons. The summed E-state index contributed by atoms with van der Waals surface area (Å²) in [7, 11) is 0. The number of nitrogens with two attached hydrogens (primary N) is 1. The first-order chi connectivity index (χ1) is 10.7. The van der Waals surface area contributed by atoms with E-state index >= 15 is 0 Å². The van der Waals surface area contributed by atoms with Crippen molar-refractivity contribution < 1.29 is 9.30 Å². The van der Waals surface area contributed by atoms with Crippen LogP contribution in [0.2, 0.25) is 5.02 Å². The van der Waals surface area contributed by atoms with Gasteiger partial charge in [-0.1, -0.05) is 17.7 Å². The third-order valence-corrected chi connectivity index (χ3v) is 3.50. The number of halogens is 1. The first-order valence-electron chi connectivity index (χ1n) is 6.96. The van der Waals surface area contributed by atoms with Gasteiger partial charge in [0.05, 0.1) is 5.69 Å². The molecule has 110 valence electrons. The Hall–Kier alpha value is -2.52. The number of hydrogen-bond donors (Lipinski definition) is 1. The number of hydrogen-bond acceptors (Lipinski definition) is 2. The topological polar surface area (TPSA) is 39.1 Å². The monoisotopic (exact) mass is 311 g/mol. The van der Waals surface area contributed by atoms with Crippen molar-refractivity contribution in [3.63, 3.8) is 0 Å². The molecule has 0 saturated carbocycles. The van der Waals surface area contributed by atoms with E-state index in [0.717, 1.165) is 12.3 Å². The first-order valence-corrected chi connectivity index (χ1v) is 7.34. The molecule has 2 N–H and O–H groups in total. The second-order valence-electron chi connectivity index (χ2n) is 4.98. The van der Waals surface area contributed by atoms with Gasteiger partial charge in [-0.15, -0.1) is 0 Å². The van der Waals surface area contributed by atoms with Crippen LogP contribution in [0.5, 0.6) is 11.5 Å². The zero-order valence-electron chi connectivity index (χ0n) is 11.9. The average molecular weight is 312 g/mol. The van der Waals surface area contributed by atoms with Crippen molar-refractivity contribution in [2.45, 2.75) is 6.54 Å². The van der Waals surface area contributed by atoms with E-state index in [1.807, 2.05) is 54.9 Å². The number of pyridine rings is 1. The summed E-state index contributed by atoms with van der Waals surface area (Å²) in [5.41, 5.74) is 7.61. The maximum absolute atomic E-state index is 5.89. The Kier molecular flexibility index (Phi) is 4.26. The minimum atomic E-state index is 0.524. The molecule has 3 aromatic rings. The fourth-order valence-corrected chi connectivity index (χ4v) is 2.33. The fourth-order valence-electron chi connectivity index (χ4n) is 2.15. The van der Waals surface area contributed by atoms with Crippen LogP contribution in [0.1, 0.15) is 5.56 Å². The quantitative estimate of drug-likeness (QED) is 0.583. The lowest BCUT2D eigenvalue weighted by molar-refractivity contribution is -0.688. The molecule has 0 saturated heterocycles. The molecule has 0 atom stereocenters. The molecule has 3 nitrogen and oxygen atoms in total. The molecular formula is C18H16ClN2O+. The normalized spacial score (nSPS) is 10.4. The predicted molar refractivity (Wildman–Crippen MR) is 88.1 cm³/mol. The Morgan fingerprint density at radius 1 is 0.955 bits per heavy atom. The van der Waals surface area contributed by atoms with Crippen LogP contribution in [-0.2, 0) is 6.54 Å². The van der Waals surface area contributed by atoms with Gasteiger partial charge in [0.15, 0.2) is 18.9 Å². The number of rotatable bonds is 4. The van der Waals surface area contributed by atoms with Gasteiger partial charge in [0.25, 0.3) is 0 Å². The number of ether oxygens (including phenoxy) is 1. The molecular weight excluding hydrogens is 296 g/mol. The zero-order chi connectivity index (χ0) is 15.4. The lowest BCUT2D eigenvalue weighted by Crippen LogP contribution is -2.32. The molecule has 0 unspecified atom stereocenters. The van der Waals surface area contributed by atoms with E-state index in [4.69, 9.17) is 22.1 Å². The van der Waals surface area contributed by atoms with E-state index in [-0.39, 0.29) is 0 Å². The Morgan fingerprint density at radius 2 is 1.68 bits per heavy atom. The molecule has 22 heavy (non-hydrogen) atoms. The second kappa shape index (κ2) is 6.50. The Bertz CT molecular complexity index is 758. The van der Waals surface area contributed by atoms with Crippen molar-refractivity contribution in [1.29, 1.82) is 0 Å². The number of benzene rings is 2. The Labute approximate surface area is 134 Å². The van der Waals surface area contributed by atoms with Crippen molar-refractivity contribution in [2.24, 2.45) is 0 Å². The van der Waals surface area contributed by atoms with Gasteiger partial charge in [-0.05, 0) is 42.5 Å². The van der Waals surface area contributed by atoms with Crippen LogP contribution in [0, 0.1) is 0 Å². The molecule has 0 amide bonds. The summed E-state index contributed by atoms with van der Waals surface area (Å²) in [6.07, 6.45) is 4.08. The van der Waals surface area contributed by atoms with E-state index in [9.17, 15) is 0 Å². The summed E-state index contributed by atoms with van der Waals surface area (Å²) in [6, 6.07) is 19.2. The average Bonchev–Trinajstić information content (AvgIpc) is 2.53. The molecule has 0 bridgehead atoms. The Balaban J connectivity index is 1.71. The van der Waals surface area contributed by atoms with Crippen molar-refractivity contribution in [3.05, 3.63) is 83.6 Å². The third-order valence-electron chi connectivity index (χ3n) is 3.27. The molecule has 0 fully saturated rings. The molecule has 0 spiro atoms. The van der Waals surface area contributed by atoms with Crippen LogP contribution in [0.3, 0.4) is 0 Å². The minimum absolute atomic E-state index is 0.524. The molecule has 0 aliphatic rings. The van der Waals surface area contributed by atoms with E-state index in [2.05, 4.69) is 4.57 Å². The summed E-state index contributed by atoms with van der Waals surface area (Å²) >= 11 is 5.88. The predicted octanol–water partition coefficient (Wildman–Crippen LogP) is 4.05. The number of nitrogen functional groups attached to an aromatic ring is 1. The second-order valence-corrected chi connectivity index (χ2v) is 5.41. The molecule has 0 aliphatic carbocycles. The first kappa shape index (κ1) is 14.4. The van der Waals surface area contributed by atoms with Gasteiger partial charge >= 0.3 is 0 Å². The lowest BCUT2D eigenvalue weighted by Gasteiger charge is -2.09. The van der Waals surface area contributed by atoms with Gasteiger partial charge in [-0.25, -0.2) is 4.57 Å². The van der Waals surface area contributed by atoms with E-state index in [1.54, 1.807) is 18.2 Å².